The standard InChI is InChI=1S/C15H14OS/c1-2-3-4-5-8-13-12-9-6-7-10-14(12)17-15(13)11-16/h6-7,9-11H,2-4H2,1H3. The van der Waals surface area contributed by atoms with Crippen molar-refractivity contribution in [3.63, 3.8) is 0 Å². The number of rotatable bonds is 3. The summed E-state index contributed by atoms with van der Waals surface area (Å²) in [7, 11) is 0. The predicted octanol–water partition coefficient (Wildman–Crippen LogP) is 4.26. The minimum atomic E-state index is 0.746. The van der Waals surface area contributed by atoms with Crippen LogP contribution in [0.25, 0.3) is 10.1 Å². The van der Waals surface area contributed by atoms with Crippen LogP contribution in [0, 0.1) is 11.8 Å². The molecule has 2 heteroatoms. The van der Waals surface area contributed by atoms with Gasteiger partial charge in [0.05, 0.1) is 10.4 Å². The fraction of sp³-hybridized carbons (Fsp3) is 0.267. The van der Waals surface area contributed by atoms with E-state index in [4.69, 9.17) is 0 Å². The van der Waals surface area contributed by atoms with Crippen molar-refractivity contribution in [3.05, 3.63) is 34.7 Å². The van der Waals surface area contributed by atoms with E-state index in [0.29, 0.717) is 0 Å². The first-order valence-electron chi connectivity index (χ1n) is 5.82. The molecular weight excluding hydrogens is 228 g/mol. The molecule has 2 aromatic rings. The Bertz CT molecular complexity index is 584. The van der Waals surface area contributed by atoms with Gasteiger partial charge in [-0.05, 0) is 12.5 Å². The molecule has 0 saturated carbocycles. The summed E-state index contributed by atoms with van der Waals surface area (Å²) in [4.78, 5) is 11.8. The number of benzene rings is 1. The molecule has 1 heterocycles. The lowest BCUT2D eigenvalue weighted by Crippen LogP contribution is -1.79. The fourth-order valence-corrected chi connectivity index (χ4v) is 2.67. The van der Waals surface area contributed by atoms with Gasteiger partial charge in [-0.3, -0.25) is 4.79 Å². The Labute approximate surface area is 105 Å². The molecule has 0 bridgehead atoms. The molecule has 0 aliphatic carbocycles. The van der Waals surface area contributed by atoms with Gasteiger partial charge in [0.2, 0.25) is 0 Å². The molecule has 0 aliphatic heterocycles. The maximum atomic E-state index is 11.0. The average Bonchev–Trinajstić information content (AvgIpc) is 2.73. The van der Waals surface area contributed by atoms with Crippen molar-refractivity contribution < 1.29 is 4.79 Å². The van der Waals surface area contributed by atoms with E-state index in [1.807, 2.05) is 24.3 Å². The topological polar surface area (TPSA) is 17.1 Å². The van der Waals surface area contributed by atoms with Crippen LogP contribution in [0.3, 0.4) is 0 Å². The van der Waals surface area contributed by atoms with Gasteiger partial charge in [-0.1, -0.05) is 43.4 Å². The number of carbonyl (C=O) groups excluding carboxylic acids is 1. The van der Waals surface area contributed by atoms with Crippen LogP contribution in [-0.4, -0.2) is 6.29 Å². The van der Waals surface area contributed by atoms with E-state index in [2.05, 4.69) is 18.8 Å². The highest BCUT2D eigenvalue weighted by Crippen LogP contribution is 2.29. The first-order chi connectivity index (χ1) is 8.36. The number of hydrogen-bond acceptors (Lipinski definition) is 2. The highest BCUT2D eigenvalue weighted by atomic mass is 32.1. The predicted molar refractivity (Wildman–Crippen MR) is 73.6 cm³/mol. The van der Waals surface area contributed by atoms with Crippen LogP contribution in [0.2, 0.25) is 0 Å². The summed E-state index contributed by atoms with van der Waals surface area (Å²) in [6.45, 7) is 2.15. The third-order valence-electron chi connectivity index (χ3n) is 2.60. The molecule has 2 rings (SSSR count). The summed E-state index contributed by atoms with van der Waals surface area (Å²) in [6, 6.07) is 8.04. The molecule has 1 nitrogen and oxygen atoms in total. The third kappa shape index (κ3) is 2.57. The largest absolute Gasteiger partial charge is 0.297 e. The molecule has 0 spiro atoms. The molecule has 1 aromatic heterocycles. The van der Waals surface area contributed by atoms with Gasteiger partial charge in [-0.25, -0.2) is 0 Å². The van der Waals surface area contributed by atoms with Crippen molar-refractivity contribution in [2.75, 3.05) is 0 Å². The van der Waals surface area contributed by atoms with E-state index in [-0.39, 0.29) is 0 Å². The Hall–Kier alpha value is -1.59. The second-order valence-corrected chi connectivity index (χ2v) is 4.94. The number of fused-ring (bicyclic) bond motifs is 1. The second kappa shape index (κ2) is 5.65. The van der Waals surface area contributed by atoms with Crippen LogP contribution in [-0.2, 0) is 0 Å². The zero-order valence-electron chi connectivity index (χ0n) is 9.82. The molecule has 0 unspecified atom stereocenters. The maximum absolute atomic E-state index is 11.0. The van der Waals surface area contributed by atoms with Gasteiger partial charge in [0, 0.05) is 16.5 Å². The Morgan fingerprint density at radius 3 is 2.94 bits per heavy atom. The summed E-state index contributed by atoms with van der Waals surface area (Å²) in [5, 5.41) is 1.10. The SMILES string of the molecule is CCCCC#Cc1c(C=O)sc2ccccc12. The van der Waals surface area contributed by atoms with Gasteiger partial charge in [-0.2, -0.15) is 0 Å². The molecule has 0 N–H and O–H groups in total. The minimum Gasteiger partial charge on any atom is -0.297 e. The second-order valence-electron chi connectivity index (χ2n) is 3.86. The molecule has 0 fully saturated rings. The Morgan fingerprint density at radius 1 is 1.35 bits per heavy atom. The molecular formula is C15H14OS. The van der Waals surface area contributed by atoms with Crippen molar-refractivity contribution in [3.8, 4) is 11.8 Å². The Balaban J connectivity index is 2.42. The van der Waals surface area contributed by atoms with Crippen LogP contribution in [0.5, 0.6) is 0 Å². The number of carbonyl (C=O) groups is 1. The summed E-state index contributed by atoms with van der Waals surface area (Å²) in [6.07, 6.45) is 4.08. The van der Waals surface area contributed by atoms with Crippen LogP contribution in [0.1, 0.15) is 41.4 Å². The average molecular weight is 242 g/mol. The highest BCUT2D eigenvalue weighted by molar-refractivity contribution is 7.20. The smallest absolute Gasteiger partial charge is 0.161 e. The van der Waals surface area contributed by atoms with E-state index in [9.17, 15) is 4.79 Å². The Kier molecular flexibility index (Phi) is 3.95. The van der Waals surface area contributed by atoms with E-state index in [0.717, 1.165) is 46.1 Å². The number of thiophene rings is 1. The van der Waals surface area contributed by atoms with Crippen LogP contribution < -0.4 is 0 Å². The lowest BCUT2D eigenvalue weighted by atomic mass is 10.1. The third-order valence-corrected chi connectivity index (χ3v) is 3.69. The fourth-order valence-electron chi connectivity index (χ4n) is 1.69. The Morgan fingerprint density at radius 2 is 2.18 bits per heavy atom. The van der Waals surface area contributed by atoms with Crippen molar-refractivity contribution in [1.82, 2.24) is 0 Å². The number of aldehydes is 1. The summed E-state index contributed by atoms with van der Waals surface area (Å²) in [5.74, 6) is 6.30. The molecule has 0 amide bonds. The summed E-state index contributed by atoms with van der Waals surface area (Å²) >= 11 is 1.52. The van der Waals surface area contributed by atoms with E-state index < -0.39 is 0 Å². The van der Waals surface area contributed by atoms with Crippen molar-refractivity contribution in [1.29, 1.82) is 0 Å². The first-order valence-corrected chi connectivity index (χ1v) is 6.64. The van der Waals surface area contributed by atoms with Gasteiger partial charge >= 0.3 is 0 Å². The first kappa shape index (κ1) is 11.9. The van der Waals surface area contributed by atoms with Gasteiger partial charge in [0.25, 0.3) is 0 Å². The summed E-state index contributed by atoms with van der Waals surface area (Å²) in [5.41, 5.74) is 0.900. The van der Waals surface area contributed by atoms with E-state index in [1.165, 1.54) is 11.3 Å². The van der Waals surface area contributed by atoms with Crippen LogP contribution in [0.4, 0.5) is 0 Å². The van der Waals surface area contributed by atoms with Gasteiger partial charge in [0.15, 0.2) is 6.29 Å². The van der Waals surface area contributed by atoms with Crippen LogP contribution in [0.15, 0.2) is 24.3 Å². The van der Waals surface area contributed by atoms with Crippen LogP contribution >= 0.6 is 11.3 Å². The number of hydrogen-bond donors (Lipinski definition) is 0. The normalized spacial score (nSPS) is 9.94. The minimum absolute atomic E-state index is 0.746. The maximum Gasteiger partial charge on any atom is 0.161 e. The van der Waals surface area contributed by atoms with E-state index in [1.54, 1.807) is 0 Å². The summed E-state index contributed by atoms with van der Waals surface area (Å²) < 4.78 is 1.13. The molecule has 0 aliphatic rings. The zero-order chi connectivity index (χ0) is 12.1. The molecule has 0 saturated heterocycles. The molecule has 0 atom stereocenters. The monoisotopic (exact) mass is 242 g/mol. The number of unbranched alkanes of at least 4 members (excludes halogenated alkanes) is 2. The molecule has 86 valence electrons. The molecule has 1 aromatic carbocycles. The van der Waals surface area contributed by atoms with Gasteiger partial charge in [-0.15, -0.1) is 11.3 Å². The van der Waals surface area contributed by atoms with Crippen molar-refractivity contribution >= 4 is 27.7 Å². The van der Waals surface area contributed by atoms with Crippen molar-refractivity contribution in [2.24, 2.45) is 0 Å². The van der Waals surface area contributed by atoms with Gasteiger partial charge < -0.3 is 0 Å². The molecule has 0 radical (unpaired) electrons. The lowest BCUT2D eigenvalue weighted by Gasteiger charge is -1.90. The highest BCUT2D eigenvalue weighted by Gasteiger charge is 2.08. The zero-order valence-corrected chi connectivity index (χ0v) is 10.6. The lowest BCUT2D eigenvalue weighted by molar-refractivity contribution is 0.112. The molecule has 17 heavy (non-hydrogen) atoms. The van der Waals surface area contributed by atoms with Gasteiger partial charge in [0.1, 0.15) is 0 Å². The quantitative estimate of drug-likeness (QED) is 0.446. The van der Waals surface area contributed by atoms with Crippen molar-refractivity contribution in [2.45, 2.75) is 26.2 Å². The van der Waals surface area contributed by atoms with E-state index >= 15 is 0 Å².